The second kappa shape index (κ2) is 5.19. The Labute approximate surface area is 126 Å². The van der Waals surface area contributed by atoms with Gasteiger partial charge in [0, 0.05) is 24.1 Å². The number of rotatable bonds is 4. The first-order valence-corrected chi connectivity index (χ1v) is 7.15. The third-order valence-electron chi connectivity index (χ3n) is 3.30. The van der Waals surface area contributed by atoms with Gasteiger partial charge in [-0.15, -0.1) is 0 Å². The van der Waals surface area contributed by atoms with Crippen molar-refractivity contribution >= 4 is 40.1 Å². The molecule has 0 saturated heterocycles. The number of ether oxygens (including phenoxy) is 2. The van der Waals surface area contributed by atoms with Crippen molar-refractivity contribution in [2.24, 2.45) is 5.92 Å². The maximum Gasteiger partial charge on any atom is 0.312 e. The van der Waals surface area contributed by atoms with Gasteiger partial charge in [0.2, 0.25) is 0 Å². The van der Waals surface area contributed by atoms with Gasteiger partial charge in [0.15, 0.2) is 0 Å². The van der Waals surface area contributed by atoms with E-state index in [4.69, 9.17) is 32.7 Å². The Morgan fingerprint density at radius 1 is 1.50 bits per heavy atom. The molecule has 1 aromatic carbocycles. The highest BCUT2D eigenvalue weighted by atomic mass is 35.5. The normalized spacial score (nSPS) is 20.9. The Hall–Kier alpha value is -1.39. The Morgan fingerprint density at radius 3 is 3.05 bits per heavy atom. The van der Waals surface area contributed by atoms with Crippen molar-refractivity contribution in [1.82, 2.24) is 4.98 Å². The van der Waals surface area contributed by atoms with E-state index in [2.05, 4.69) is 4.98 Å². The lowest BCUT2D eigenvalue weighted by Gasteiger charge is -2.09. The molecule has 0 unspecified atom stereocenters. The van der Waals surface area contributed by atoms with E-state index in [1.807, 2.05) is 6.07 Å². The van der Waals surface area contributed by atoms with Crippen LogP contribution in [0.3, 0.4) is 0 Å². The van der Waals surface area contributed by atoms with Crippen LogP contribution in [0.15, 0.2) is 18.3 Å². The van der Waals surface area contributed by atoms with Crippen LogP contribution in [0, 0.1) is 5.92 Å². The van der Waals surface area contributed by atoms with Gasteiger partial charge in [0.1, 0.15) is 11.9 Å². The minimum absolute atomic E-state index is 0.149. The smallest absolute Gasteiger partial charge is 0.312 e. The fraction of sp³-hybridized carbons (Fsp3) is 0.357. The number of aromatic nitrogens is 1. The minimum Gasteiger partial charge on any atom is -0.489 e. The molecule has 0 radical (unpaired) electrons. The SMILES string of the molecule is CCOC(=O)[C@@H]1C[C@@H]1Oc1cc(Cl)c(Cl)c2[nH]ccc12. The molecular weight excluding hydrogens is 301 g/mol. The third kappa shape index (κ3) is 2.34. The molecule has 1 heterocycles. The predicted molar refractivity (Wildman–Crippen MR) is 77.5 cm³/mol. The van der Waals surface area contributed by atoms with Crippen molar-refractivity contribution in [2.75, 3.05) is 6.61 Å². The van der Waals surface area contributed by atoms with Gasteiger partial charge >= 0.3 is 5.97 Å². The van der Waals surface area contributed by atoms with E-state index in [0.717, 1.165) is 10.9 Å². The molecule has 2 atom stereocenters. The third-order valence-corrected chi connectivity index (χ3v) is 4.09. The zero-order valence-electron chi connectivity index (χ0n) is 10.8. The molecule has 1 aliphatic carbocycles. The van der Waals surface area contributed by atoms with Gasteiger partial charge in [0.25, 0.3) is 0 Å². The van der Waals surface area contributed by atoms with Gasteiger partial charge in [-0.25, -0.2) is 0 Å². The van der Waals surface area contributed by atoms with Gasteiger partial charge in [-0.1, -0.05) is 23.2 Å². The largest absolute Gasteiger partial charge is 0.489 e. The Balaban J connectivity index is 1.81. The number of halogens is 2. The van der Waals surface area contributed by atoms with Crippen molar-refractivity contribution in [3.05, 3.63) is 28.4 Å². The fourth-order valence-electron chi connectivity index (χ4n) is 2.19. The summed E-state index contributed by atoms with van der Waals surface area (Å²) in [5.74, 6) is 0.244. The average molecular weight is 314 g/mol. The number of esters is 1. The molecule has 3 rings (SSSR count). The molecule has 1 fully saturated rings. The van der Waals surface area contributed by atoms with Crippen molar-refractivity contribution in [3.8, 4) is 5.75 Å². The molecule has 20 heavy (non-hydrogen) atoms. The van der Waals surface area contributed by atoms with Crippen LogP contribution in [-0.2, 0) is 9.53 Å². The molecule has 1 aliphatic rings. The van der Waals surface area contributed by atoms with Crippen molar-refractivity contribution in [1.29, 1.82) is 0 Å². The van der Waals surface area contributed by atoms with Crippen LogP contribution in [0.5, 0.6) is 5.75 Å². The second-order valence-electron chi connectivity index (χ2n) is 4.69. The lowest BCUT2D eigenvalue weighted by atomic mass is 10.2. The molecule has 106 valence electrons. The molecule has 0 spiro atoms. The topological polar surface area (TPSA) is 51.3 Å². The van der Waals surface area contributed by atoms with Crippen molar-refractivity contribution in [2.45, 2.75) is 19.4 Å². The van der Waals surface area contributed by atoms with Gasteiger partial charge in [0.05, 0.1) is 28.1 Å². The van der Waals surface area contributed by atoms with E-state index in [1.54, 1.807) is 19.2 Å². The number of carbonyl (C=O) groups excluding carboxylic acids is 1. The van der Waals surface area contributed by atoms with Gasteiger partial charge in [-0.3, -0.25) is 4.79 Å². The summed E-state index contributed by atoms with van der Waals surface area (Å²) in [7, 11) is 0. The van der Waals surface area contributed by atoms with Crippen molar-refractivity contribution in [3.63, 3.8) is 0 Å². The molecule has 1 aromatic heterocycles. The van der Waals surface area contributed by atoms with Crippen LogP contribution >= 0.6 is 23.2 Å². The van der Waals surface area contributed by atoms with Crippen LogP contribution in [-0.4, -0.2) is 23.7 Å². The zero-order chi connectivity index (χ0) is 14.3. The highest BCUT2D eigenvalue weighted by Crippen LogP contribution is 2.41. The predicted octanol–water partition coefficient (Wildman–Crippen LogP) is 3.81. The first-order chi connectivity index (χ1) is 9.61. The van der Waals surface area contributed by atoms with E-state index in [9.17, 15) is 4.79 Å². The summed E-state index contributed by atoms with van der Waals surface area (Å²) in [6, 6.07) is 3.55. The number of aromatic amines is 1. The number of fused-ring (bicyclic) bond motifs is 1. The summed E-state index contributed by atoms with van der Waals surface area (Å²) in [6.45, 7) is 2.18. The summed E-state index contributed by atoms with van der Waals surface area (Å²) < 4.78 is 10.8. The molecule has 1 saturated carbocycles. The van der Waals surface area contributed by atoms with Crippen LogP contribution in [0.1, 0.15) is 13.3 Å². The summed E-state index contributed by atoms with van der Waals surface area (Å²) in [4.78, 5) is 14.6. The average Bonchev–Trinajstić information content (AvgIpc) is 3.00. The summed E-state index contributed by atoms with van der Waals surface area (Å²) in [5, 5.41) is 1.75. The summed E-state index contributed by atoms with van der Waals surface area (Å²) in [6.07, 6.45) is 2.30. The van der Waals surface area contributed by atoms with Crippen LogP contribution in [0.4, 0.5) is 0 Å². The van der Waals surface area contributed by atoms with E-state index < -0.39 is 0 Å². The Kier molecular flexibility index (Phi) is 3.52. The first-order valence-electron chi connectivity index (χ1n) is 6.40. The number of carbonyl (C=O) groups is 1. The molecule has 0 aliphatic heterocycles. The van der Waals surface area contributed by atoms with E-state index in [1.165, 1.54) is 0 Å². The minimum atomic E-state index is -0.206. The molecule has 0 amide bonds. The number of nitrogens with one attached hydrogen (secondary N) is 1. The van der Waals surface area contributed by atoms with Crippen molar-refractivity contribution < 1.29 is 14.3 Å². The van der Waals surface area contributed by atoms with E-state index in [0.29, 0.717) is 28.8 Å². The molecular formula is C14H13Cl2NO3. The van der Waals surface area contributed by atoms with E-state index >= 15 is 0 Å². The summed E-state index contributed by atoms with van der Waals surface area (Å²) >= 11 is 12.2. The molecule has 1 N–H and O–H groups in total. The number of benzene rings is 1. The first kappa shape index (κ1) is 13.6. The number of hydrogen-bond donors (Lipinski definition) is 1. The quantitative estimate of drug-likeness (QED) is 0.873. The monoisotopic (exact) mass is 313 g/mol. The maximum absolute atomic E-state index is 11.6. The Morgan fingerprint density at radius 2 is 2.30 bits per heavy atom. The fourth-order valence-corrected chi connectivity index (χ4v) is 2.60. The van der Waals surface area contributed by atoms with Crippen LogP contribution in [0.2, 0.25) is 10.0 Å². The van der Waals surface area contributed by atoms with Gasteiger partial charge < -0.3 is 14.5 Å². The standard InChI is InChI=1S/C14H13Cl2NO3/c1-2-19-14(18)8-5-10(8)20-11-6-9(15)12(16)13-7(11)3-4-17-13/h3-4,6,8,10,17H,2,5H2,1H3/t8-,10+/m1/s1. The highest BCUT2D eigenvalue weighted by Gasteiger charge is 2.47. The van der Waals surface area contributed by atoms with Gasteiger partial charge in [-0.05, 0) is 13.0 Å². The highest BCUT2D eigenvalue weighted by molar-refractivity contribution is 6.45. The molecule has 0 bridgehead atoms. The molecule has 4 nitrogen and oxygen atoms in total. The number of H-pyrrole nitrogens is 1. The molecule has 6 heteroatoms. The zero-order valence-corrected chi connectivity index (χ0v) is 12.3. The maximum atomic E-state index is 11.6. The number of hydrogen-bond acceptors (Lipinski definition) is 3. The van der Waals surface area contributed by atoms with E-state index in [-0.39, 0.29) is 18.0 Å². The van der Waals surface area contributed by atoms with Crippen LogP contribution in [0.25, 0.3) is 10.9 Å². The summed E-state index contributed by atoms with van der Waals surface area (Å²) in [5.41, 5.74) is 0.738. The van der Waals surface area contributed by atoms with Gasteiger partial charge in [-0.2, -0.15) is 0 Å². The lowest BCUT2D eigenvalue weighted by molar-refractivity contribution is -0.145. The lowest BCUT2D eigenvalue weighted by Crippen LogP contribution is -2.12. The second-order valence-corrected chi connectivity index (χ2v) is 5.47. The van der Waals surface area contributed by atoms with Crippen LogP contribution < -0.4 is 4.74 Å². The molecule has 2 aromatic rings. The Bertz CT molecular complexity index is 668.